The number of carboxylic acid groups (broad SMARTS) is 1. The molecule has 0 aromatic heterocycles. The van der Waals surface area contributed by atoms with Crippen LogP contribution in [-0.2, 0) is 11.3 Å². The third kappa shape index (κ3) is 3.75. The highest BCUT2D eigenvalue weighted by atomic mass is 35.5. The third-order valence-electron chi connectivity index (χ3n) is 2.25. The average molecular weight is 256 g/mol. The molecule has 1 aromatic rings. The number of aromatic carboxylic acids is 1. The first-order chi connectivity index (χ1) is 7.91. The summed E-state index contributed by atoms with van der Waals surface area (Å²) in [7, 11) is 0. The second-order valence-electron chi connectivity index (χ2n) is 3.99. The first-order valence-corrected chi connectivity index (χ1v) is 5.59. The first kappa shape index (κ1) is 13.5. The number of nitrogens with one attached hydrogen (secondary N) is 1. The molecule has 17 heavy (non-hydrogen) atoms. The van der Waals surface area contributed by atoms with Crippen molar-refractivity contribution in [1.82, 2.24) is 5.32 Å². The fraction of sp³-hybridized carbons (Fsp3) is 0.333. The van der Waals surface area contributed by atoms with Crippen molar-refractivity contribution in [1.29, 1.82) is 0 Å². The van der Waals surface area contributed by atoms with E-state index in [1.54, 1.807) is 19.9 Å². The maximum absolute atomic E-state index is 11.3. The first-order valence-electron chi connectivity index (χ1n) is 5.21. The lowest BCUT2D eigenvalue weighted by molar-refractivity contribution is -0.124. The van der Waals surface area contributed by atoms with E-state index in [0.29, 0.717) is 12.1 Å². The number of amides is 1. The van der Waals surface area contributed by atoms with Gasteiger partial charge in [0.2, 0.25) is 5.91 Å². The van der Waals surface area contributed by atoms with Gasteiger partial charge in [0.05, 0.1) is 10.6 Å². The van der Waals surface area contributed by atoms with Crippen molar-refractivity contribution < 1.29 is 14.7 Å². The Hall–Kier alpha value is -1.55. The molecule has 0 unspecified atom stereocenters. The van der Waals surface area contributed by atoms with E-state index in [4.69, 9.17) is 16.7 Å². The molecule has 5 heteroatoms. The molecule has 0 saturated carbocycles. The summed E-state index contributed by atoms with van der Waals surface area (Å²) in [5.74, 6) is -1.25. The molecule has 2 N–H and O–H groups in total. The zero-order valence-electron chi connectivity index (χ0n) is 9.66. The van der Waals surface area contributed by atoms with Crippen LogP contribution in [0.15, 0.2) is 18.2 Å². The van der Waals surface area contributed by atoms with Gasteiger partial charge in [-0.3, -0.25) is 4.79 Å². The second kappa shape index (κ2) is 5.68. The number of hydrogen-bond acceptors (Lipinski definition) is 2. The number of halogens is 1. The van der Waals surface area contributed by atoms with Gasteiger partial charge in [-0.05, 0) is 17.7 Å². The minimum absolute atomic E-state index is 0.0444. The summed E-state index contributed by atoms with van der Waals surface area (Å²) in [6.45, 7) is 3.88. The van der Waals surface area contributed by atoms with Crippen molar-refractivity contribution in [3.63, 3.8) is 0 Å². The lowest BCUT2D eigenvalue weighted by atomic mass is 10.1. The predicted octanol–water partition coefficient (Wildman–Crippen LogP) is 2.31. The maximum atomic E-state index is 11.3. The molecule has 0 spiro atoms. The zero-order valence-corrected chi connectivity index (χ0v) is 10.4. The van der Waals surface area contributed by atoms with Crippen LogP contribution in [0.4, 0.5) is 0 Å². The van der Waals surface area contributed by atoms with E-state index in [0.717, 1.165) is 0 Å². The largest absolute Gasteiger partial charge is 0.478 e. The quantitative estimate of drug-likeness (QED) is 0.868. The Bertz CT molecular complexity index is 443. The topological polar surface area (TPSA) is 66.4 Å². The van der Waals surface area contributed by atoms with E-state index in [1.165, 1.54) is 12.1 Å². The fourth-order valence-electron chi connectivity index (χ4n) is 1.24. The Labute approximate surface area is 105 Å². The number of carbonyl (C=O) groups excluding carboxylic acids is 1. The minimum Gasteiger partial charge on any atom is -0.478 e. The number of hydrogen-bond donors (Lipinski definition) is 2. The molecule has 4 nitrogen and oxygen atoms in total. The van der Waals surface area contributed by atoms with E-state index >= 15 is 0 Å². The average Bonchev–Trinajstić information content (AvgIpc) is 2.26. The Kier molecular flexibility index (Phi) is 4.52. The van der Waals surface area contributed by atoms with Crippen molar-refractivity contribution in [3.8, 4) is 0 Å². The molecule has 0 aliphatic carbocycles. The highest BCUT2D eigenvalue weighted by molar-refractivity contribution is 6.33. The number of benzene rings is 1. The molecule has 0 aliphatic heterocycles. The van der Waals surface area contributed by atoms with Crippen LogP contribution in [0.25, 0.3) is 0 Å². The molecular weight excluding hydrogens is 242 g/mol. The summed E-state index contributed by atoms with van der Waals surface area (Å²) >= 11 is 5.74. The van der Waals surface area contributed by atoms with Crippen LogP contribution in [-0.4, -0.2) is 17.0 Å². The molecule has 0 aliphatic rings. The molecule has 0 heterocycles. The number of carbonyl (C=O) groups is 2. The van der Waals surface area contributed by atoms with Gasteiger partial charge in [-0.2, -0.15) is 0 Å². The molecule has 1 amide bonds. The van der Waals surface area contributed by atoms with E-state index in [2.05, 4.69) is 5.32 Å². The van der Waals surface area contributed by atoms with Crippen LogP contribution in [0.5, 0.6) is 0 Å². The van der Waals surface area contributed by atoms with Crippen molar-refractivity contribution in [3.05, 3.63) is 34.3 Å². The van der Waals surface area contributed by atoms with Gasteiger partial charge in [-0.15, -0.1) is 0 Å². The molecule has 1 aromatic carbocycles. The monoisotopic (exact) mass is 255 g/mol. The number of rotatable bonds is 4. The zero-order chi connectivity index (χ0) is 13.0. The van der Waals surface area contributed by atoms with Crippen LogP contribution >= 0.6 is 11.6 Å². The molecule has 0 fully saturated rings. The summed E-state index contributed by atoms with van der Waals surface area (Å²) in [4.78, 5) is 22.2. The SMILES string of the molecule is CC(C)C(=O)NCc1ccc(Cl)c(C(=O)O)c1. The lowest BCUT2D eigenvalue weighted by Crippen LogP contribution is -2.27. The van der Waals surface area contributed by atoms with Gasteiger partial charge >= 0.3 is 5.97 Å². The molecule has 0 atom stereocenters. The van der Waals surface area contributed by atoms with Gasteiger partial charge in [0, 0.05) is 12.5 Å². The van der Waals surface area contributed by atoms with E-state index < -0.39 is 5.97 Å². The molecule has 92 valence electrons. The summed E-state index contributed by atoms with van der Waals surface area (Å²) in [5, 5.41) is 11.8. The molecule has 0 radical (unpaired) electrons. The fourth-order valence-corrected chi connectivity index (χ4v) is 1.44. The van der Waals surface area contributed by atoms with Crippen molar-refractivity contribution >= 4 is 23.5 Å². The normalized spacial score (nSPS) is 10.4. The minimum atomic E-state index is -1.08. The van der Waals surface area contributed by atoms with Crippen LogP contribution in [0.3, 0.4) is 0 Å². The summed E-state index contributed by atoms with van der Waals surface area (Å²) in [5.41, 5.74) is 0.753. The maximum Gasteiger partial charge on any atom is 0.337 e. The Morgan fingerprint density at radius 3 is 2.59 bits per heavy atom. The molecule has 1 rings (SSSR count). The van der Waals surface area contributed by atoms with Crippen LogP contribution in [0.2, 0.25) is 5.02 Å². The molecule has 0 bridgehead atoms. The highest BCUT2D eigenvalue weighted by Crippen LogP contribution is 2.17. The molecule has 0 saturated heterocycles. The summed E-state index contributed by atoms with van der Waals surface area (Å²) < 4.78 is 0. The van der Waals surface area contributed by atoms with Crippen molar-refractivity contribution in [2.45, 2.75) is 20.4 Å². The van der Waals surface area contributed by atoms with Crippen molar-refractivity contribution in [2.75, 3.05) is 0 Å². The van der Waals surface area contributed by atoms with Crippen molar-refractivity contribution in [2.24, 2.45) is 5.92 Å². The third-order valence-corrected chi connectivity index (χ3v) is 2.58. The molecular formula is C12H14ClNO3. The Balaban J connectivity index is 2.76. The van der Waals surface area contributed by atoms with Gasteiger partial charge in [-0.25, -0.2) is 4.79 Å². The van der Waals surface area contributed by atoms with Crippen LogP contribution in [0, 0.1) is 5.92 Å². The Morgan fingerprint density at radius 1 is 1.41 bits per heavy atom. The van der Waals surface area contributed by atoms with E-state index in [1.807, 2.05) is 0 Å². The standard InChI is InChI=1S/C12H14ClNO3/c1-7(2)11(15)14-6-8-3-4-10(13)9(5-8)12(16)17/h3-5,7H,6H2,1-2H3,(H,14,15)(H,16,17). The summed E-state index contributed by atoms with van der Waals surface area (Å²) in [6, 6.07) is 4.67. The van der Waals surface area contributed by atoms with Gasteiger partial charge in [-0.1, -0.05) is 31.5 Å². The van der Waals surface area contributed by atoms with Crippen LogP contribution < -0.4 is 5.32 Å². The van der Waals surface area contributed by atoms with Crippen LogP contribution in [0.1, 0.15) is 29.8 Å². The van der Waals surface area contributed by atoms with Gasteiger partial charge in [0.15, 0.2) is 0 Å². The summed E-state index contributed by atoms with van der Waals surface area (Å²) in [6.07, 6.45) is 0. The lowest BCUT2D eigenvalue weighted by Gasteiger charge is -2.08. The van der Waals surface area contributed by atoms with E-state index in [9.17, 15) is 9.59 Å². The van der Waals surface area contributed by atoms with Gasteiger partial charge in [0.1, 0.15) is 0 Å². The van der Waals surface area contributed by atoms with E-state index in [-0.39, 0.29) is 22.4 Å². The Morgan fingerprint density at radius 2 is 2.06 bits per heavy atom. The smallest absolute Gasteiger partial charge is 0.337 e. The second-order valence-corrected chi connectivity index (χ2v) is 4.40. The predicted molar refractivity (Wildman–Crippen MR) is 65.1 cm³/mol. The number of carboxylic acids is 1. The highest BCUT2D eigenvalue weighted by Gasteiger charge is 2.10. The van der Waals surface area contributed by atoms with Gasteiger partial charge < -0.3 is 10.4 Å². The van der Waals surface area contributed by atoms with Gasteiger partial charge in [0.25, 0.3) is 0 Å².